The number of hydrogen-bond donors (Lipinski definition) is 4. The molecule has 16 nitrogen and oxygen atoms in total. The maximum absolute atomic E-state index is 12.3. The van der Waals surface area contributed by atoms with Crippen LogP contribution in [0, 0.1) is 0 Å². The predicted molar refractivity (Wildman–Crippen MR) is 132 cm³/mol. The van der Waals surface area contributed by atoms with Gasteiger partial charge in [0.1, 0.15) is 0 Å². The van der Waals surface area contributed by atoms with Crippen molar-refractivity contribution in [3.63, 3.8) is 0 Å². The van der Waals surface area contributed by atoms with E-state index in [0.29, 0.717) is 0 Å². The fourth-order valence-corrected chi connectivity index (χ4v) is 2.85. The number of carbonyl (C=O) groups excluding carboxylic acids is 5. The molecule has 5 N–H and O–H groups in total. The Morgan fingerprint density at radius 3 is 1.32 bits per heavy atom. The van der Waals surface area contributed by atoms with E-state index in [0.717, 1.165) is 9.80 Å². The molecule has 0 saturated carbocycles. The summed E-state index contributed by atoms with van der Waals surface area (Å²) in [6.07, 6.45) is 0. The molecule has 0 fully saturated rings. The van der Waals surface area contributed by atoms with Crippen LogP contribution in [0.5, 0.6) is 0 Å². The van der Waals surface area contributed by atoms with Crippen LogP contribution < -0.4 is 16.4 Å². The average Bonchev–Trinajstić information content (AvgIpc) is 2.82. The van der Waals surface area contributed by atoms with Crippen molar-refractivity contribution in [2.24, 2.45) is 20.4 Å². The molecule has 0 atom stereocenters. The Labute approximate surface area is 217 Å². The Kier molecular flexibility index (Phi) is 17.6. The predicted octanol–water partition coefficient (Wildman–Crippen LogP) is -5.20. The van der Waals surface area contributed by atoms with Crippen LogP contribution in [0.25, 0.3) is 0 Å². The van der Waals surface area contributed by atoms with Gasteiger partial charge in [0.2, 0.25) is 0 Å². The molecule has 0 aliphatic carbocycles. The van der Waals surface area contributed by atoms with Crippen LogP contribution in [-0.2, 0) is 28.8 Å². The number of amides is 5. The van der Waals surface area contributed by atoms with Crippen molar-refractivity contribution >= 4 is 58.4 Å². The van der Waals surface area contributed by atoms with Crippen LogP contribution in [0.1, 0.15) is 0 Å². The number of carbonyl (C=O) groups is 6. The van der Waals surface area contributed by atoms with Crippen LogP contribution in [0.4, 0.5) is 0 Å². The molecule has 0 spiro atoms. The third-order valence-electron chi connectivity index (χ3n) is 4.54. The summed E-state index contributed by atoms with van der Waals surface area (Å²) in [5.41, 5.74) is 5.44. The van der Waals surface area contributed by atoms with Crippen molar-refractivity contribution in [2.45, 2.75) is 0 Å². The van der Waals surface area contributed by atoms with Gasteiger partial charge < -0.3 is 0 Å². The van der Waals surface area contributed by atoms with E-state index in [9.17, 15) is 28.8 Å². The fourth-order valence-electron chi connectivity index (χ4n) is 2.85. The van der Waals surface area contributed by atoms with Gasteiger partial charge >= 0.3 is 217 Å². The first-order valence-corrected chi connectivity index (χ1v) is 11.0. The van der Waals surface area contributed by atoms with E-state index in [1.54, 1.807) is 0 Å². The first-order chi connectivity index (χ1) is 17.6. The zero-order valence-electron chi connectivity index (χ0n) is 20.4. The Balaban J connectivity index is 4.87. The quantitative estimate of drug-likeness (QED) is 0.114. The molecule has 0 heterocycles. The Hall–Kier alpha value is -3.63. The summed E-state index contributed by atoms with van der Waals surface area (Å²) in [4.78, 5) is 84.4. The van der Waals surface area contributed by atoms with Crippen LogP contribution in [0.3, 0.4) is 0 Å². The van der Waals surface area contributed by atoms with Crippen molar-refractivity contribution in [2.75, 3.05) is 78.5 Å². The molecule has 19 heteroatoms. The summed E-state index contributed by atoms with van der Waals surface area (Å²) >= 11 is 0. The van der Waals surface area contributed by atoms with Gasteiger partial charge in [-0.15, -0.1) is 0 Å². The standard InChI is InChI=1S/C18H29B3N9O7/c19-25-7-15(33)28(4-1-22)10-13(31)23-2-5-29(16(34)8-26-20)11-14(32)24-3-6-30(12-18(36)37)17(35)9-27-21/h1-12,22H2,(H,23,31)(H,24,32)(H,36,37). The van der Waals surface area contributed by atoms with Crippen LogP contribution in [-0.4, -0.2) is 157 Å². The van der Waals surface area contributed by atoms with E-state index >= 15 is 0 Å². The number of rotatable bonds is 20. The van der Waals surface area contributed by atoms with Crippen molar-refractivity contribution in [1.82, 2.24) is 25.3 Å². The molecular formula is C18H29B3N9O7. The zero-order chi connectivity index (χ0) is 28.2. The minimum absolute atomic E-state index is 0.0577. The molecule has 0 aliphatic heterocycles. The SMILES string of the molecule is [B]=NCC(=O)N(CCNC(=O)CN(CCNC(=O)CN(CCN)C(=O)CN=[B])C(=O)CN=[B])CC(=O)O. The molecule has 0 aromatic heterocycles. The van der Waals surface area contributed by atoms with Crippen LogP contribution >= 0.6 is 0 Å². The van der Waals surface area contributed by atoms with Crippen molar-refractivity contribution < 1.29 is 33.9 Å². The molecule has 0 aromatic carbocycles. The summed E-state index contributed by atoms with van der Waals surface area (Å²) in [6.45, 7) is -2.63. The third kappa shape index (κ3) is 15.2. The number of nitrogens with zero attached hydrogens (tertiary/aromatic N) is 6. The first-order valence-electron chi connectivity index (χ1n) is 11.0. The number of nitrogens with one attached hydrogen (secondary N) is 2. The topological polar surface area (TPSA) is 220 Å². The number of aliphatic carboxylic acids is 1. The van der Waals surface area contributed by atoms with Crippen molar-refractivity contribution in [1.29, 1.82) is 0 Å². The summed E-state index contributed by atoms with van der Waals surface area (Å²) in [5.74, 6) is -4.13. The van der Waals surface area contributed by atoms with Gasteiger partial charge in [0.05, 0.1) is 0 Å². The van der Waals surface area contributed by atoms with E-state index < -0.39 is 61.7 Å². The Morgan fingerprint density at radius 1 is 0.649 bits per heavy atom. The molecule has 0 bridgehead atoms. The second kappa shape index (κ2) is 19.6. The van der Waals surface area contributed by atoms with Crippen LogP contribution in [0.2, 0.25) is 0 Å². The van der Waals surface area contributed by atoms with Gasteiger partial charge in [0.25, 0.3) is 0 Å². The second-order valence-corrected chi connectivity index (χ2v) is 7.35. The molecular weight excluding hydrogens is 487 g/mol. The van der Waals surface area contributed by atoms with Gasteiger partial charge in [-0.05, 0) is 0 Å². The molecule has 3 radical (unpaired) electrons. The molecule has 0 unspecified atom stereocenters. The molecule has 0 saturated heterocycles. The molecule has 37 heavy (non-hydrogen) atoms. The van der Waals surface area contributed by atoms with E-state index in [-0.39, 0.29) is 52.4 Å². The summed E-state index contributed by atoms with van der Waals surface area (Å²) in [5, 5.41) is 13.9. The van der Waals surface area contributed by atoms with Gasteiger partial charge in [-0.1, -0.05) is 0 Å². The van der Waals surface area contributed by atoms with Gasteiger partial charge in [-0.2, -0.15) is 0 Å². The first kappa shape index (κ1) is 33.4. The van der Waals surface area contributed by atoms with Gasteiger partial charge in [0, 0.05) is 0 Å². The minimum atomic E-state index is -1.26. The van der Waals surface area contributed by atoms with Gasteiger partial charge in [0.15, 0.2) is 0 Å². The second-order valence-electron chi connectivity index (χ2n) is 7.35. The Morgan fingerprint density at radius 2 is 1.00 bits per heavy atom. The van der Waals surface area contributed by atoms with E-state index in [4.69, 9.17) is 33.8 Å². The van der Waals surface area contributed by atoms with Gasteiger partial charge in [-0.3, -0.25) is 0 Å². The monoisotopic (exact) mass is 516 g/mol. The zero-order valence-corrected chi connectivity index (χ0v) is 20.4. The van der Waals surface area contributed by atoms with Crippen LogP contribution in [0.15, 0.2) is 14.7 Å². The van der Waals surface area contributed by atoms with Crippen molar-refractivity contribution in [3.05, 3.63) is 0 Å². The molecule has 197 valence electrons. The molecule has 5 amide bonds. The summed E-state index contributed by atoms with van der Waals surface area (Å²) in [6, 6.07) is 0. The molecule has 0 rings (SSSR count). The van der Waals surface area contributed by atoms with Crippen molar-refractivity contribution in [3.8, 4) is 0 Å². The summed E-state index contributed by atoms with van der Waals surface area (Å²) < 4.78 is 0. The van der Waals surface area contributed by atoms with E-state index in [2.05, 4.69) is 25.3 Å². The maximum atomic E-state index is 12.3. The number of carboxylic acids is 1. The van der Waals surface area contributed by atoms with Gasteiger partial charge in [-0.25, -0.2) is 0 Å². The van der Waals surface area contributed by atoms with E-state index in [1.165, 1.54) is 4.90 Å². The Bertz CT molecular complexity index is 863. The normalized spacial score (nSPS) is 9.89. The molecule has 0 aromatic rings. The third-order valence-corrected chi connectivity index (χ3v) is 4.54. The number of carboxylic acid groups (broad SMARTS) is 1. The number of hydrogen-bond acceptors (Lipinski definition) is 10. The molecule has 0 aliphatic rings. The fraction of sp³-hybridized carbons (Fsp3) is 0.667. The summed E-state index contributed by atoms with van der Waals surface area (Å²) in [7, 11) is 15.0. The average molecular weight is 516 g/mol. The number of nitrogens with two attached hydrogens (primary N) is 1. The van der Waals surface area contributed by atoms with E-state index in [1.807, 2.05) is 0 Å².